The fourth-order valence-corrected chi connectivity index (χ4v) is 2.82. The minimum Gasteiger partial charge on any atom is -0.317 e. The molecule has 0 atom stereocenters. The van der Waals surface area contributed by atoms with Crippen LogP contribution in [0.3, 0.4) is 0 Å². The van der Waals surface area contributed by atoms with Gasteiger partial charge in [-0.25, -0.2) is 4.79 Å². The molecule has 0 spiro atoms. The van der Waals surface area contributed by atoms with Gasteiger partial charge in [0.1, 0.15) is 0 Å². The first-order valence-electron chi connectivity index (χ1n) is 8.73. The molecule has 0 aromatic heterocycles. The predicted molar refractivity (Wildman–Crippen MR) is 99.3 cm³/mol. The summed E-state index contributed by atoms with van der Waals surface area (Å²) in [5.41, 5.74) is 3.64. The number of anilines is 1. The Morgan fingerprint density at radius 1 is 1.24 bits per heavy atom. The maximum atomic E-state index is 12.7. The molecule has 4 nitrogen and oxygen atoms in total. The van der Waals surface area contributed by atoms with E-state index >= 15 is 0 Å². The summed E-state index contributed by atoms with van der Waals surface area (Å²) in [6.45, 7) is 4.95. The van der Waals surface area contributed by atoms with Crippen LogP contribution in [0.4, 0.5) is 10.5 Å². The number of amides is 2. The average molecular weight is 333 g/mol. The zero-order chi connectivity index (χ0) is 17.8. The van der Waals surface area contributed by atoms with Gasteiger partial charge >= 0.3 is 6.03 Å². The first kappa shape index (κ1) is 17.0. The van der Waals surface area contributed by atoms with Crippen LogP contribution >= 0.6 is 0 Å². The third-order valence-corrected chi connectivity index (χ3v) is 4.49. The van der Waals surface area contributed by atoms with Gasteiger partial charge in [-0.1, -0.05) is 44.2 Å². The highest BCUT2D eigenvalue weighted by atomic mass is 16.2. The van der Waals surface area contributed by atoms with Gasteiger partial charge in [0.2, 0.25) is 0 Å². The number of carbonyl (C=O) groups excluding carboxylic acids is 1. The Labute approximate surface area is 149 Å². The lowest BCUT2D eigenvalue weighted by Crippen LogP contribution is -2.36. The maximum Gasteiger partial charge on any atom is 0.322 e. The molecular formula is C21H23N3O. The quantitative estimate of drug-likeness (QED) is 0.848. The topological polar surface area (TPSA) is 56.1 Å². The molecular weight excluding hydrogens is 310 g/mol. The van der Waals surface area contributed by atoms with E-state index in [9.17, 15) is 4.79 Å². The van der Waals surface area contributed by atoms with Crippen LogP contribution < -0.4 is 5.32 Å². The Kier molecular flexibility index (Phi) is 5.04. The van der Waals surface area contributed by atoms with Crippen molar-refractivity contribution < 1.29 is 4.79 Å². The highest BCUT2D eigenvalue weighted by molar-refractivity contribution is 5.90. The Morgan fingerprint density at radius 3 is 2.56 bits per heavy atom. The van der Waals surface area contributed by atoms with Crippen molar-refractivity contribution in [2.45, 2.75) is 45.2 Å². The lowest BCUT2D eigenvalue weighted by molar-refractivity contribution is 0.206. The number of benzene rings is 2. The van der Waals surface area contributed by atoms with Crippen molar-refractivity contribution >= 4 is 11.7 Å². The van der Waals surface area contributed by atoms with Crippen LogP contribution in [0.15, 0.2) is 48.5 Å². The first-order valence-corrected chi connectivity index (χ1v) is 8.73. The van der Waals surface area contributed by atoms with Crippen LogP contribution in [0.1, 0.15) is 49.3 Å². The molecule has 0 radical (unpaired) electrons. The normalized spacial score (nSPS) is 13.4. The summed E-state index contributed by atoms with van der Waals surface area (Å²) in [5, 5.41) is 11.9. The lowest BCUT2D eigenvalue weighted by Gasteiger charge is -2.23. The molecule has 0 heterocycles. The summed E-state index contributed by atoms with van der Waals surface area (Å²) in [7, 11) is 0. The molecule has 0 saturated heterocycles. The fourth-order valence-electron chi connectivity index (χ4n) is 2.82. The summed E-state index contributed by atoms with van der Waals surface area (Å²) in [6, 6.07) is 17.8. The van der Waals surface area contributed by atoms with E-state index < -0.39 is 0 Å². The molecule has 1 aliphatic rings. The molecule has 0 bridgehead atoms. The molecule has 1 saturated carbocycles. The molecule has 25 heavy (non-hydrogen) atoms. The van der Waals surface area contributed by atoms with Gasteiger partial charge in [-0.15, -0.1) is 0 Å². The minimum absolute atomic E-state index is 0.106. The van der Waals surface area contributed by atoms with Crippen LogP contribution in [-0.2, 0) is 6.54 Å². The van der Waals surface area contributed by atoms with Crippen molar-refractivity contribution in [3.8, 4) is 6.07 Å². The number of nitrogens with one attached hydrogen (secondary N) is 1. The second-order valence-electron chi connectivity index (χ2n) is 6.88. The highest BCUT2D eigenvalue weighted by Crippen LogP contribution is 2.29. The summed E-state index contributed by atoms with van der Waals surface area (Å²) in [5.74, 6) is 0.504. The van der Waals surface area contributed by atoms with Crippen molar-refractivity contribution in [1.29, 1.82) is 5.26 Å². The van der Waals surface area contributed by atoms with E-state index in [1.807, 2.05) is 4.90 Å². The van der Waals surface area contributed by atoms with Crippen molar-refractivity contribution in [2.75, 3.05) is 5.32 Å². The molecule has 1 fully saturated rings. The fraction of sp³-hybridized carbons (Fsp3) is 0.333. The van der Waals surface area contributed by atoms with E-state index in [-0.39, 0.29) is 6.03 Å². The molecule has 1 aliphatic carbocycles. The minimum atomic E-state index is -0.106. The number of carbonyl (C=O) groups is 1. The zero-order valence-electron chi connectivity index (χ0n) is 14.7. The molecule has 1 N–H and O–H groups in total. The number of rotatable bonds is 5. The van der Waals surface area contributed by atoms with Crippen molar-refractivity contribution in [3.63, 3.8) is 0 Å². The standard InChI is InChI=1S/C21H23N3O/c1-15(2)18-8-6-16(7-9-18)14-24(20-10-11-20)21(25)23-19-5-3-4-17(12-19)13-22/h3-9,12,15,20H,10-11,14H2,1-2H3,(H,23,25). The number of nitrogens with zero attached hydrogens (tertiary/aromatic N) is 2. The van der Waals surface area contributed by atoms with Crippen LogP contribution in [0, 0.1) is 11.3 Å². The van der Waals surface area contributed by atoms with E-state index in [1.165, 1.54) is 5.56 Å². The van der Waals surface area contributed by atoms with Gasteiger partial charge in [-0.05, 0) is 48.1 Å². The van der Waals surface area contributed by atoms with Crippen LogP contribution in [0.25, 0.3) is 0 Å². The van der Waals surface area contributed by atoms with E-state index in [0.29, 0.717) is 29.8 Å². The highest BCUT2D eigenvalue weighted by Gasteiger charge is 2.32. The molecule has 3 rings (SSSR count). The maximum absolute atomic E-state index is 12.7. The van der Waals surface area contributed by atoms with Gasteiger partial charge in [0, 0.05) is 18.3 Å². The van der Waals surface area contributed by atoms with E-state index in [0.717, 1.165) is 18.4 Å². The number of hydrogen-bond acceptors (Lipinski definition) is 2. The molecule has 128 valence electrons. The van der Waals surface area contributed by atoms with Crippen molar-refractivity contribution in [3.05, 3.63) is 65.2 Å². The summed E-state index contributed by atoms with van der Waals surface area (Å²) in [6.07, 6.45) is 2.10. The summed E-state index contributed by atoms with van der Waals surface area (Å²) < 4.78 is 0. The van der Waals surface area contributed by atoms with E-state index in [2.05, 4.69) is 49.5 Å². The van der Waals surface area contributed by atoms with Gasteiger partial charge in [0.15, 0.2) is 0 Å². The molecule has 2 aromatic rings. The van der Waals surface area contributed by atoms with Crippen molar-refractivity contribution in [2.24, 2.45) is 0 Å². The van der Waals surface area contributed by atoms with E-state index in [4.69, 9.17) is 5.26 Å². The Morgan fingerprint density at radius 2 is 1.96 bits per heavy atom. The van der Waals surface area contributed by atoms with Gasteiger partial charge in [-0.3, -0.25) is 0 Å². The zero-order valence-corrected chi connectivity index (χ0v) is 14.7. The molecule has 4 heteroatoms. The van der Waals surface area contributed by atoms with Crippen LogP contribution in [-0.4, -0.2) is 17.0 Å². The van der Waals surface area contributed by atoms with Crippen molar-refractivity contribution in [1.82, 2.24) is 4.90 Å². The van der Waals surface area contributed by atoms with Gasteiger partial charge in [0.25, 0.3) is 0 Å². The van der Waals surface area contributed by atoms with E-state index in [1.54, 1.807) is 24.3 Å². The molecule has 2 aromatic carbocycles. The Hall–Kier alpha value is -2.80. The molecule has 0 unspecified atom stereocenters. The molecule has 2 amide bonds. The van der Waals surface area contributed by atoms with Crippen LogP contribution in [0.2, 0.25) is 0 Å². The average Bonchev–Trinajstić information content (AvgIpc) is 3.45. The number of hydrogen-bond donors (Lipinski definition) is 1. The molecule has 0 aliphatic heterocycles. The Balaban J connectivity index is 1.70. The third-order valence-electron chi connectivity index (χ3n) is 4.49. The predicted octanol–water partition coefficient (Wildman–Crippen LogP) is 4.88. The van der Waals surface area contributed by atoms with Gasteiger partial charge in [0.05, 0.1) is 11.6 Å². The van der Waals surface area contributed by atoms with Crippen LogP contribution in [0.5, 0.6) is 0 Å². The smallest absolute Gasteiger partial charge is 0.317 e. The largest absolute Gasteiger partial charge is 0.322 e. The third kappa shape index (κ3) is 4.39. The monoisotopic (exact) mass is 333 g/mol. The lowest BCUT2D eigenvalue weighted by atomic mass is 10.0. The van der Waals surface area contributed by atoms with Gasteiger partial charge in [-0.2, -0.15) is 5.26 Å². The SMILES string of the molecule is CC(C)c1ccc(CN(C(=O)Nc2cccc(C#N)c2)C2CC2)cc1. The second-order valence-corrected chi connectivity index (χ2v) is 6.88. The second kappa shape index (κ2) is 7.40. The summed E-state index contributed by atoms with van der Waals surface area (Å²) in [4.78, 5) is 14.6. The number of urea groups is 1. The number of nitriles is 1. The summed E-state index contributed by atoms with van der Waals surface area (Å²) >= 11 is 0. The van der Waals surface area contributed by atoms with Gasteiger partial charge < -0.3 is 10.2 Å². The first-order chi connectivity index (χ1) is 12.1. The Bertz CT molecular complexity index is 786.